The van der Waals surface area contributed by atoms with Crippen molar-refractivity contribution >= 4 is 33.3 Å². The summed E-state index contributed by atoms with van der Waals surface area (Å²) in [6.07, 6.45) is 1.89. The Kier molecular flexibility index (Phi) is 4.02. The summed E-state index contributed by atoms with van der Waals surface area (Å²) in [7, 11) is 0. The molecule has 5 heteroatoms. The first-order valence-corrected chi connectivity index (χ1v) is 9.64. The van der Waals surface area contributed by atoms with E-state index in [9.17, 15) is 0 Å². The molecule has 0 fully saturated rings. The molecule has 5 rings (SSSR count). The van der Waals surface area contributed by atoms with Gasteiger partial charge in [0.25, 0.3) is 0 Å². The van der Waals surface area contributed by atoms with Gasteiger partial charge in [0.1, 0.15) is 6.33 Å². The van der Waals surface area contributed by atoms with Crippen LogP contribution in [0.1, 0.15) is 16.8 Å². The molecule has 29 heavy (non-hydrogen) atoms. The van der Waals surface area contributed by atoms with Crippen molar-refractivity contribution < 1.29 is 0 Å². The summed E-state index contributed by atoms with van der Waals surface area (Å²) in [6.45, 7) is 6.24. The van der Waals surface area contributed by atoms with E-state index in [1.54, 1.807) is 0 Å². The van der Waals surface area contributed by atoms with Gasteiger partial charge < -0.3 is 5.32 Å². The second-order valence-electron chi connectivity index (χ2n) is 7.36. The van der Waals surface area contributed by atoms with E-state index in [2.05, 4.69) is 87.4 Å². The van der Waals surface area contributed by atoms with Crippen molar-refractivity contribution in [1.29, 1.82) is 0 Å². The first kappa shape index (κ1) is 17.4. The Bertz CT molecular complexity index is 1350. The molecule has 5 nitrogen and oxygen atoms in total. The third kappa shape index (κ3) is 2.91. The molecule has 142 valence electrons. The standard InChI is InChI=1S/C24H21N5/c1-15-7-6-8-16(2)23(15)29-14-25-21-13-18(11-12-22(21)29)26-24-20-10-5-4-9-19(20)17(3)27-28-24/h4-14H,1-3H3,(H,26,28). The quantitative estimate of drug-likeness (QED) is 0.441. The van der Waals surface area contributed by atoms with Gasteiger partial charge in [0, 0.05) is 16.5 Å². The number of aromatic nitrogens is 4. The monoisotopic (exact) mass is 379 g/mol. The van der Waals surface area contributed by atoms with Gasteiger partial charge in [-0.3, -0.25) is 4.57 Å². The fraction of sp³-hybridized carbons (Fsp3) is 0.125. The van der Waals surface area contributed by atoms with E-state index >= 15 is 0 Å². The molecular weight excluding hydrogens is 358 g/mol. The zero-order chi connectivity index (χ0) is 20.0. The Balaban J connectivity index is 1.57. The smallest absolute Gasteiger partial charge is 0.160 e. The number of nitrogens with one attached hydrogen (secondary N) is 1. The molecule has 0 aliphatic rings. The Morgan fingerprint density at radius 2 is 1.55 bits per heavy atom. The highest BCUT2D eigenvalue weighted by Crippen LogP contribution is 2.29. The first-order chi connectivity index (χ1) is 14.1. The minimum atomic E-state index is 0.750. The summed E-state index contributed by atoms with van der Waals surface area (Å²) in [5.74, 6) is 0.750. The summed E-state index contributed by atoms with van der Waals surface area (Å²) >= 11 is 0. The lowest BCUT2D eigenvalue weighted by atomic mass is 10.1. The van der Waals surface area contributed by atoms with Crippen molar-refractivity contribution in [2.45, 2.75) is 20.8 Å². The number of hydrogen-bond acceptors (Lipinski definition) is 4. The van der Waals surface area contributed by atoms with Crippen LogP contribution in [0.3, 0.4) is 0 Å². The number of anilines is 2. The van der Waals surface area contributed by atoms with Crippen molar-refractivity contribution in [3.05, 3.63) is 83.8 Å². The lowest BCUT2D eigenvalue weighted by Crippen LogP contribution is -2.00. The molecule has 2 aromatic heterocycles. The number of imidazole rings is 1. The second-order valence-corrected chi connectivity index (χ2v) is 7.36. The number of aryl methyl sites for hydroxylation is 3. The summed E-state index contributed by atoms with van der Waals surface area (Å²) < 4.78 is 2.16. The minimum absolute atomic E-state index is 0.750. The van der Waals surface area contributed by atoms with Crippen LogP contribution in [0.2, 0.25) is 0 Å². The Morgan fingerprint density at radius 3 is 2.34 bits per heavy atom. The van der Waals surface area contributed by atoms with Crippen LogP contribution in [0, 0.1) is 20.8 Å². The molecule has 0 saturated heterocycles. The highest BCUT2D eigenvalue weighted by molar-refractivity contribution is 5.95. The van der Waals surface area contributed by atoms with E-state index in [0.29, 0.717) is 0 Å². The summed E-state index contributed by atoms with van der Waals surface area (Å²) in [6, 6.07) is 20.7. The van der Waals surface area contributed by atoms with E-state index in [-0.39, 0.29) is 0 Å². The molecule has 0 aliphatic carbocycles. The zero-order valence-electron chi connectivity index (χ0n) is 16.6. The van der Waals surface area contributed by atoms with Crippen LogP contribution in [0.15, 0.2) is 67.0 Å². The van der Waals surface area contributed by atoms with E-state index in [4.69, 9.17) is 0 Å². The fourth-order valence-electron chi connectivity index (χ4n) is 3.92. The normalized spacial score (nSPS) is 11.3. The summed E-state index contributed by atoms with van der Waals surface area (Å²) in [5.41, 5.74) is 7.52. The Morgan fingerprint density at radius 1 is 0.793 bits per heavy atom. The predicted octanol–water partition coefficient (Wildman–Crippen LogP) is 5.64. The number of benzene rings is 3. The molecule has 1 N–H and O–H groups in total. The summed E-state index contributed by atoms with van der Waals surface area (Å²) in [4.78, 5) is 4.64. The largest absolute Gasteiger partial charge is 0.338 e. The zero-order valence-corrected chi connectivity index (χ0v) is 16.6. The lowest BCUT2D eigenvalue weighted by molar-refractivity contribution is 1.01. The second kappa shape index (κ2) is 6.71. The molecule has 0 bridgehead atoms. The van der Waals surface area contributed by atoms with Crippen LogP contribution in [0.4, 0.5) is 11.5 Å². The third-order valence-corrected chi connectivity index (χ3v) is 5.36. The van der Waals surface area contributed by atoms with Crippen LogP contribution in [-0.2, 0) is 0 Å². The predicted molar refractivity (Wildman–Crippen MR) is 118 cm³/mol. The molecule has 3 aromatic carbocycles. The first-order valence-electron chi connectivity index (χ1n) is 9.64. The molecule has 5 aromatic rings. The van der Waals surface area contributed by atoms with Gasteiger partial charge in [0.15, 0.2) is 5.82 Å². The van der Waals surface area contributed by atoms with Gasteiger partial charge in [-0.25, -0.2) is 4.98 Å². The van der Waals surface area contributed by atoms with Crippen LogP contribution in [0.25, 0.3) is 27.5 Å². The van der Waals surface area contributed by atoms with Gasteiger partial charge in [-0.15, -0.1) is 5.10 Å². The number of fused-ring (bicyclic) bond motifs is 2. The molecule has 0 radical (unpaired) electrons. The van der Waals surface area contributed by atoms with Gasteiger partial charge in [-0.2, -0.15) is 5.10 Å². The van der Waals surface area contributed by atoms with Crippen molar-refractivity contribution in [3.63, 3.8) is 0 Å². The average molecular weight is 379 g/mol. The SMILES string of the molecule is Cc1cccc(C)c1-n1cnc2cc(Nc3nnc(C)c4ccccc34)ccc21. The number of rotatable bonds is 3. The van der Waals surface area contributed by atoms with Gasteiger partial charge in [-0.1, -0.05) is 42.5 Å². The fourth-order valence-corrected chi connectivity index (χ4v) is 3.92. The molecule has 0 aliphatic heterocycles. The molecule has 0 saturated carbocycles. The molecule has 0 amide bonds. The maximum absolute atomic E-state index is 4.64. The third-order valence-electron chi connectivity index (χ3n) is 5.36. The van der Waals surface area contributed by atoms with E-state index in [1.165, 1.54) is 16.8 Å². The van der Waals surface area contributed by atoms with E-state index in [0.717, 1.165) is 39.0 Å². The molecule has 0 unspecified atom stereocenters. The maximum atomic E-state index is 4.64. The van der Waals surface area contributed by atoms with Crippen molar-refractivity contribution in [2.75, 3.05) is 5.32 Å². The molecular formula is C24H21N5. The van der Waals surface area contributed by atoms with Gasteiger partial charge in [0.2, 0.25) is 0 Å². The van der Waals surface area contributed by atoms with Crippen molar-refractivity contribution in [1.82, 2.24) is 19.7 Å². The van der Waals surface area contributed by atoms with Gasteiger partial charge >= 0.3 is 0 Å². The number of nitrogens with zero attached hydrogens (tertiary/aromatic N) is 4. The number of hydrogen-bond donors (Lipinski definition) is 1. The highest BCUT2D eigenvalue weighted by Gasteiger charge is 2.11. The Hall–Kier alpha value is -3.73. The minimum Gasteiger partial charge on any atom is -0.338 e. The Labute approximate surface area is 169 Å². The maximum Gasteiger partial charge on any atom is 0.160 e. The van der Waals surface area contributed by atoms with Crippen molar-refractivity contribution in [3.8, 4) is 5.69 Å². The van der Waals surface area contributed by atoms with Gasteiger partial charge in [0.05, 0.1) is 22.4 Å². The van der Waals surface area contributed by atoms with Crippen LogP contribution in [-0.4, -0.2) is 19.7 Å². The average Bonchev–Trinajstić information content (AvgIpc) is 3.13. The molecule has 2 heterocycles. The summed E-state index contributed by atoms with van der Waals surface area (Å²) in [5, 5.41) is 14.2. The molecule has 0 atom stereocenters. The molecule has 0 spiro atoms. The van der Waals surface area contributed by atoms with Gasteiger partial charge in [-0.05, 0) is 50.1 Å². The van der Waals surface area contributed by atoms with E-state index < -0.39 is 0 Å². The highest BCUT2D eigenvalue weighted by atomic mass is 15.2. The van der Waals surface area contributed by atoms with Crippen LogP contribution < -0.4 is 5.32 Å². The lowest BCUT2D eigenvalue weighted by Gasteiger charge is -2.12. The van der Waals surface area contributed by atoms with Crippen molar-refractivity contribution in [2.24, 2.45) is 0 Å². The topological polar surface area (TPSA) is 55.6 Å². The number of para-hydroxylation sites is 1. The van der Waals surface area contributed by atoms with Crippen LogP contribution in [0.5, 0.6) is 0 Å². The van der Waals surface area contributed by atoms with Crippen LogP contribution >= 0.6 is 0 Å². The van der Waals surface area contributed by atoms with E-state index in [1.807, 2.05) is 25.4 Å².